The molecule has 1 saturated carbocycles. The summed E-state index contributed by atoms with van der Waals surface area (Å²) in [6.45, 7) is 0.985. The Morgan fingerprint density at radius 1 is 1.03 bits per heavy atom. The fourth-order valence-electron chi connectivity index (χ4n) is 4.56. The molecule has 1 heterocycles. The Balaban J connectivity index is 0.00000420. The first-order valence-corrected chi connectivity index (χ1v) is 14.4. The molecule has 0 bridgehead atoms. The lowest BCUT2D eigenvalue weighted by atomic mass is 9.82. The van der Waals surface area contributed by atoms with Gasteiger partial charge in [0.15, 0.2) is 0 Å². The van der Waals surface area contributed by atoms with Gasteiger partial charge in [-0.25, -0.2) is 18.1 Å². The van der Waals surface area contributed by atoms with Crippen LogP contribution in [0.4, 0.5) is 24.9 Å². The maximum absolute atomic E-state index is 12.8. The second-order valence-corrected chi connectivity index (χ2v) is 12.1. The van der Waals surface area contributed by atoms with Gasteiger partial charge in [-0.1, -0.05) is 12.1 Å². The van der Waals surface area contributed by atoms with Gasteiger partial charge in [-0.3, -0.25) is 0 Å². The monoisotopic (exact) mass is 651 g/mol. The number of para-hydroxylation sites is 1. The number of hydrogen-bond acceptors (Lipinski definition) is 7. The normalized spacial score (nSPS) is 17.9. The maximum atomic E-state index is 12.8. The van der Waals surface area contributed by atoms with E-state index in [2.05, 4.69) is 40.7 Å². The summed E-state index contributed by atoms with van der Waals surface area (Å²) in [7, 11) is -0.00913. The van der Waals surface area contributed by atoms with Gasteiger partial charge in [0.25, 0.3) is 0 Å². The molecule has 0 spiro atoms. The molecular formula is C25H30BrClF3N5O3S. The van der Waals surface area contributed by atoms with Gasteiger partial charge in [0.2, 0.25) is 16.0 Å². The molecule has 0 atom stereocenters. The Labute approximate surface area is 240 Å². The summed E-state index contributed by atoms with van der Waals surface area (Å²) in [5.41, 5.74) is 0.874. The number of anilines is 2. The third-order valence-corrected chi connectivity index (χ3v) is 8.91. The van der Waals surface area contributed by atoms with E-state index in [1.165, 1.54) is 0 Å². The topological polar surface area (TPSA) is 96.5 Å². The summed E-state index contributed by atoms with van der Waals surface area (Å²) >= 11 is 3.04. The highest BCUT2D eigenvalue weighted by molar-refractivity contribution is 9.10. The Hall–Kier alpha value is -2.35. The highest BCUT2D eigenvalue weighted by Crippen LogP contribution is 2.32. The van der Waals surface area contributed by atoms with Gasteiger partial charge in [0.1, 0.15) is 11.6 Å². The molecule has 0 unspecified atom stereocenters. The number of aromatic nitrogens is 2. The standard InChI is InChI=1S/C25H29BrF3N5O3S.ClH/c1-34(2)23-19-5-3-4-6-21(19)32-24(33-23)30-14-16-7-9-17(10-8-16)15-31-38(35,36)22-12-11-18(13-20(22)26)37-25(27,28)29;/h3-6,11-13,16-17,31H,7-10,14-15H2,1-2H3,(H,30,32,33);1H. The minimum atomic E-state index is -4.86. The lowest BCUT2D eigenvalue weighted by Crippen LogP contribution is -2.32. The summed E-state index contributed by atoms with van der Waals surface area (Å²) in [6.07, 6.45) is -1.28. The van der Waals surface area contributed by atoms with Gasteiger partial charge in [-0.05, 0) is 83.8 Å². The third-order valence-electron chi connectivity index (χ3n) is 6.51. The van der Waals surface area contributed by atoms with Gasteiger partial charge in [-0.15, -0.1) is 25.6 Å². The second kappa shape index (κ2) is 12.9. The van der Waals surface area contributed by atoms with E-state index in [1.807, 2.05) is 43.3 Å². The zero-order valence-corrected chi connectivity index (χ0v) is 24.6. The van der Waals surface area contributed by atoms with Crippen molar-refractivity contribution in [2.75, 3.05) is 37.4 Å². The highest BCUT2D eigenvalue weighted by atomic mass is 79.9. The first-order chi connectivity index (χ1) is 17.9. The van der Waals surface area contributed by atoms with Crippen LogP contribution in [0.5, 0.6) is 5.75 Å². The average molecular weight is 653 g/mol. The number of fused-ring (bicyclic) bond motifs is 1. The van der Waals surface area contributed by atoms with Gasteiger partial charge < -0.3 is 15.0 Å². The first-order valence-electron chi connectivity index (χ1n) is 12.1. The third kappa shape index (κ3) is 8.32. The highest BCUT2D eigenvalue weighted by Gasteiger charge is 2.32. The smallest absolute Gasteiger partial charge is 0.406 e. The molecular weight excluding hydrogens is 623 g/mol. The first kappa shape index (κ1) is 31.2. The number of nitrogens with zero attached hydrogens (tertiary/aromatic N) is 3. The molecule has 1 aliphatic rings. The fraction of sp³-hybridized carbons (Fsp3) is 0.440. The van der Waals surface area contributed by atoms with E-state index in [0.717, 1.165) is 67.1 Å². The van der Waals surface area contributed by atoms with Crippen LogP contribution in [0.2, 0.25) is 0 Å². The molecule has 2 N–H and O–H groups in total. The number of halogens is 5. The van der Waals surface area contributed by atoms with Crippen LogP contribution < -0.4 is 19.7 Å². The molecule has 0 aliphatic heterocycles. The molecule has 0 amide bonds. The lowest BCUT2D eigenvalue weighted by Gasteiger charge is -2.29. The summed E-state index contributed by atoms with van der Waals surface area (Å²) in [5, 5.41) is 4.36. The molecule has 1 aromatic heterocycles. The predicted molar refractivity (Wildman–Crippen MR) is 151 cm³/mol. The molecule has 14 heteroatoms. The van der Waals surface area contributed by atoms with Crippen molar-refractivity contribution in [2.24, 2.45) is 11.8 Å². The van der Waals surface area contributed by atoms with E-state index < -0.39 is 22.1 Å². The van der Waals surface area contributed by atoms with Crippen molar-refractivity contribution in [3.05, 3.63) is 46.9 Å². The molecule has 3 aromatic rings. The van der Waals surface area contributed by atoms with Crippen molar-refractivity contribution in [1.82, 2.24) is 14.7 Å². The van der Waals surface area contributed by atoms with Crippen LogP contribution in [-0.2, 0) is 10.0 Å². The van der Waals surface area contributed by atoms with Crippen molar-refractivity contribution in [3.63, 3.8) is 0 Å². The van der Waals surface area contributed by atoms with Crippen molar-refractivity contribution in [3.8, 4) is 5.75 Å². The molecule has 0 saturated heterocycles. The SMILES string of the molecule is CN(C)c1nc(NCC2CCC(CNS(=O)(=O)c3ccc(OC(F)(F)F)cc3Br)CC2)nc2ccccc12.Cl. The van der Waals surface area contributed by atoms with Crippen LogP contribution in [-0.4, -0.2) is 51.9 Å². The summed E-state index contributed by atoms with van der Waals surface area (Å²) in [6, 6.07) is 10.9. The Morgan fingerprint density at radius 3 is 2.28 bits per heavy atom. The minimum absolute atomic E-state index is 0. The van der Waals surface area contributed by atoms with Gasteiger partial charge in [0, 0.05) is 37.0 Å². The number of sulfonamides is 1. The molecule has 0 radical (unpaired) electrons. The Kier molecular flexibility index (Phi) is 10.3. The summed E-state index contributed by atoms with van der Waals surface area (Å²) < 4.78 is 69.2. The van der Waals surface area contributed by atoms with Gasteiger partial charge >= 0.3 is 6.36 Å². The predicted octanol–water partition coefficient (Wildman–Crippen LogP) is 5.98. The van der Waals surface area contributed by atoms with E-state index >= 15 is 0 Å². The summed E-state index contributed by atoms with van der Waals surface area (Å²) in [5.74, 6) is 1.52. The number of nitrogens with one attached hydrogen (secondary N) is 2. The van der Waals surface area contributed by atoms with Gasteiger partial charge in [0.05, 0.1) is 10.4 Å². The van der Waals surface area contributed by atoms with Crippen LogP contribution >= 0.6 is 28.3 Å². The summed E-state index contributed by atoms with van der Waals surface area (Å²) in [4.78, 5) is 11.1. The molecule has 8 nitrogen and oxygen atoms in total. The van der Waals surface area contributed by atoms with E-state index in [4.69, 9.17) is 0 Å². The molecule has 1 fully saturated rings. The number of ether oxygens (including phenoxy) is 1. The molecule has 4 rings (SSSR count). The zero-order valence-electron chi connectivity index (χ0n) is 21.3. The van der Waals surface area contributed by atoms with Crippen LogP contribution in [0.25, 0.3) is 10.9 Å². The number of hydrogen-bond donors (Lipinski definition) is 2. The number of rotatable bonds is 9. The lowest BCUT2D eigenvalue weighted by molar-refractivity contribution is -0.274. The van der Waals surface area contributed by atoms with Crippen LogP contribution in [0.1, 0.15) is 25.7 Å². The maximum Gasteiger partial charge on any atom is 0.573 e. The number of alkyl halides is 3. The van der Waals surface area contributed by atoms with Crippen molar-refractivity contribution in [1.29, 1.82) is 0 Å². The Morgan fingerprint density at radius 2 is 1.67 bits per heavy atom. The van der Waals surface area contributed by atoms with E-state index in [1.54, 1.807) is 0 Å². The number of benzene rings is 2. The molecule has 214 valence electrons. The van der Waals surface area contributed by atoms with Crippen LogP contribution in [0, 0.1) is 11.8 Å². The van der Waals surface area contributed by atoms with Gasteiger partial charge in [-0.2, -0.15) is 4.98 Å². The quantitative estimate of drug-likeness (QED) is 0.294. The van der Waals surface area contributed by atoms with Crippen molar-refractivity contribution in [2.45, 2.75) is 36.9 Å². The average Bonchev–Trinajstić information content (AvgIpc) is 2.85. The van der Waals surface area contributed by atoms with Crippen molar-refractivity contribution < 1.29 is 26.3 Å². The second-order valence-electron chi connectivity index (χ2n) is 9.54. The van der Waals surface area contributed by atoms with E-state index in [0.29, 0.717) is 11.9 Å². The van der Waals surface area contributed by atoms with Crippen LogP contribution in [0.15, 0.2) is 51.8 Å². The van der Waals surface area contributed by atoms with E-state index in [-0.39, 0.29) is 34.2 Å². The van der Waals surface area contributed by atoms with Crippen molar-refractivity contribution >= 4 is 61.0 Å². The van der Waals surface area contributed by atoms with E-state index in [9.17, 15) is 21.6 Å². The minimum Gasteiger partial charge on any atom is -0.406 e. The largest absolute Gasteiger partial charge is 0.573 e. The zero-order chi connectivity index (χ0) is 27.5. The molecule has 2 aromatic carbocycles. The molecule has 39 heavy (non-hydrogen) atoms. The molecule has 1 aliphatic carbocycles. The Bertz CT molecular complexity index is 1390. The fourth-order valence-corrected chi connectivity index (χ4v) is 6.73. The van der Waals surface area contributed by atoms with Crippen LogP contribution in [0.3, 0.4) is 0 Å².